The number of rotatable bonds is 2. The predicted octanol–water partition coefficient (Wildman–Crippen LogP) is 0.733. The topological polar surface area (TPSA) is 57.4 Å². The molecule has 0 fully saturated rings. The van der Waals surface area contributed by atoms with E-state index in [0.717, 1.165) is 11.4 Å². The van der Waals surface area contributed by atoms with Crippen molar-refractivity contribution < 1.29 is 0 Å². The standard InChI is InChI=1S/C7H7N4/c1-3-8-10-6(1)5-7-2-4-9-11-7/h1-5H,(H,8,10)(H,9,11). The van der Waals surface area contributed by atoms with Crippen LogP contribution in [0.1, 0.15) is 11.4 Å². The molecule has 0 aromatic carbocycles. The van der Waals surface area contributed by atoms with E-state index in [4.69, 9.17) is 0 Å². The zero-order valence-corrected chi connectivity index (χ0v) is 5.78. The van der Waals surface area contributed by atoms with Gasteiger partial charge in [0.05, 0.1) is 17.8 Å². The first-order chi connectivity index (χ1) is 5.45. The summed E-state index contributed by atoms with van der Waals surface area (Å²) in [5, 5.41) is 13.4. The van der Waals surface area contributed by atoms with E-state index in [1.807, 2.05) is 18.6 Å². The fourth-order valence-electron chi connectivity index (χ4n) is 0.856. The van der Waals surface area contributed by atoms with Crippen molar-refractivity contribution in [3.63, 3.8) is 0 Å². The van der Waals surface area contributed by atoms with E-state index in [1.165, 1.54) is 0 Å². The maximum atomic E-state index is 3.96. The molecule has 2 aromatic heterocycles. The molecule has 2 N–H and O–H groups in total. The van der Waals surface area contributed by atoms with E-state index in [2.05, 4.69) is 20.4 Å². The Kier molecular flexibility index (Phi) is 1.44. The highest BCUT2D eigenvalue weighted by Gasteiger charge is 1.98. The van der Waals surface area contributed by atoms with Crippen LogP contribution in [0.2, 0.25) is 0 Å². The van der Waals surface area contributed by atoms with Crippen LogP contribution < -0.4 is 0 Å². The van der Waals surface area contributed by atoms with Crippen molar-refractivity contribution in [2.24, 2.45) is 0 Å². The van der Waals surface area contributed by atoms with Crippen molar-refractivity contribution in [2.45, 2.75) is 0 Å². The third-order valence-electron chi connectivity index (χ3n) is 1.34. The molecule has 0 bridgehead atoms. The third kappa shape index (κ3) is 1.29. The van der Waals surface area contributed by atoms with Crippen LogP contribution in [0.5, 0.6) is 0 Å². The summed E-state index contributed by atoms with van der Waals surface area (Å²) in [5.74, 6) is 0. The summed E-state index contributed by atoms with van der Waals surface area (Å²) in [5.41, 5.74) is 1.77. The molecule has 4 nitrogen and oxygen atoms in total. The molecule has 0 amide bonds. The summed E-state index contributed by atoms with van der Waals surface area (Å²) in [6.45, 7) is 0. The predicted molar refractivity (Wildman–Crippen MR) is 39.7 cm³/mol. The van der Waals surface area contributed by atoms with Crippen molar-refractivity contribution in [3.8, 4) is 0 Å². The lowest BCUT2D eigenvalue weighted by Crippen LogP contribution is -1.85. The maximum Gasteiger partial charge on any atom is 0.0724 e. The number of H-pyrrole nitrogens is 2. The smallest absolute Gasteiger partial charge is 0.0724 e. The molecule has 0 aliphatic carbocycles. The molecule has 2 rings (SSSR count). The van der Waals surface area contributed by atoms with Gasteiger partial charge in [-0.25, -0.2) is 0 Å². The average Bonchev–Trinajstić information content (AvgIpc) is 2.60. The quantitative estimate of drug-likeness (QED) is 0.658. The highest BCUT2D eigenvalue weighted by atomic mass is 15.1. The van der Waals surface area contributed by atoms with E-state index in [-0.39, 0.29) is 0 Å². The third-order valence-corrected chi connectivity index (χ3v) is 1.34. The minimum absolute atomic E-state index is 0.886. The maximum absolute atomic E-state index is 3.96. The summed E-state index contributed by atoms with van der Waals surface area (Å²) >= 11 is 0. The molecule has 0 aliphatic rings. The molecule has 0 unspecified atom stereocenters. The largest absolute Gasteiger partial charge is 0.285 e. The molecule has 4 heteroatoms. The number of nitrogens with one attached hydrogen (secondary N) is 2. The van der Waals surface area contributed by atoms with Gasteiger partial charge in [0.15, 0.2) is 0 Å². The van der Waals surface area contributed by atoms with E-state index in [1.54, 1.807) is 12.4 Å². The SMILES string of the molecule is [CH](c1cc[nH]n1)c1cc[nH]n1. The van der Waals surface area contributed by atoms with Crippen molar-refractivity contribution in [2.75, 3.05) is 0 Å². The normalized spacial score (nSPS) is 10.2. The lowest BCUT2D eigenvalue weighted by Gasteiger charge is -1.86. The Labute approximate surface area is 63.6 Å². The van der Waals surface area contributed by atoms with Gasteiger partial charge in [-0.2, -0.15) is 10.2 Å². The monoisotopic (exact) mass is 147 g/mol. The van der Waals surface area contributed by atoms with Crippen LogP contribution in [0.3, 0.4) is 0 Å². The van der Waals surface area contributed by atoms with E-state index >= 15 is 0 Å². The highest BCUT2D eigenvalue weighted by Crippen LogP contribution is 2.03. The van der Waals surface area contributed by atoms with Crippen LogP contribution in [0.15, 0.2) is 24.5 Å². The van der Waals surface area contributed by atoms with E-state index < -0.39 is 0 Å². The summed E-state index contributed by atoms with van der Waals surface area (Å²) in [6, 6.07) is 3.77. The molecule has 11 heavy (non-hydrogen) atoms. The Morgan fingerprint density at radius 1 is 1.00 bits per heavy atom. The Bertz CT molecular complexity index is 263. The number of aromatic nitrogens is 4. The second kappa shape index (κ2) is 2.57. The van der Waals surface area contributed by atoms with Crippen molar-refractivity contribution >= 4 is 0 Å². The van der Waals surface area contributed by atoms with E-state index in [0.29, 0.717) is 0 Å². The zero-order valence-electron chi connectivity index (χ0n) is 5.78. The van der Waals surface area contributed by atoms with Crippen LogP contribution in [-0.2, 0) is 0 Å². The molecule has 0 saturated carbocycles. The Balaban J connectivity index is 2.14. The van der Waals surface area contributed by atoms with Crippen LogP contribution in [0.4, 0.5) is 0 Å². The number of aromatic amines is 2. The molecule has 0 atom stereocenters. The Morgan fingerprint density at radius 2 is 1.55 bits per heavy atom. The van der Waals surface area contributed by atoms with Crippen LogP contribution in [0.25, 0.3) is 0 Å². The molecule has 0 saturated heterocycles. The number of hydrogen-bond donors (Lipinski definition) is 2. The van der Waals surface area contributed by atoms with Gasteiger partial charge in [-0.1, -0.05) is 0 Å². The van der Waals surface area contributed by atoms with Gasteiger partial charge in [0.2, 0.25) is 0 Å². The molecular formula is C7H7N4. The van der Waals surface area contributed by atoms with Gasteiger partial charge in [-0.3, -0.25) is 10.2 Å². The lowest BCUT2D eigenvalue weighted by molar-refractivity contribution is 1.02. The molecule has 2 heterocycles. The minimum Gasteiger partial charge on any atom is -0.285 e. The Hall–Kier alpha value is -1.58. The second-order valence-corrected chi connectivity index (χ2v) is 2.14. The van der Waals surface area contributed by atoms with Gasteiger partial charge in [-0.05, 0) is 12.1 Å². The Morgan fingerprint density at radius 3 is 1.91 bits per heavy atom. The molecule has 55 valence electrons. The van der Waals surface area contributed by atoms with Gasteiger partial charge in [0, 0.05) is 12.4 Å². The van der Waals surface area contributed by atoms with Crippen molar-refractivity contribution in [1.82, 2.24) is 20.4 Å². The molecule has 2 aromatic rings. The molecular weight excluding hydrogens is 140 g/mol. The van der Waals surface area contributed by atoms with Crippen LogP contribution in [-0.4, -0.2) is 20.4 Å². The van der Waals surface area contributed by atoms with E-state index in [9.17, 15) is 0 Å². The minimum atomic E-state index is 0.886. The molecule has 0 aliphatic heterocycles. The first-order valence-corrected chi connectivity index (χ1v) is 3.29. The first-order valence-electron chi connectivity index (χ1n) is 3.29. The van der Waals surface area contributed by atoms with Crippen molar-refractivity contribution in [1.29, 1.82) is 0 Å². The highest BCUT2D eigenvalue weighted by molar-refractivity contribution is 5.24. The fraction of sp³-hybridized carbons (Fsp3) is 0. The summed E-state index contributed by atoms with van der Waals surface area (Å²) in [7, 11) is 0. The molecule has 0 spiro atoms. The average molecular weight is 147 g/mol. The number of nitrogens with zero attached hydrogens (tertiary/aromatic N) is 2. The zero-order chi connectivity index (χ0) is 7.52. The lowest BCUT2D eigenvalue weighted by atomic mass is 10.2. The van der Waals surface area contributed by atoms with Crippen LogP contribution in [0, 0.1) is 6.42 Å². The molecule has 1 radical (unpaired) electrons. The summed E-state index contributed by atoms with van der Waals surface area (Å²) < 4.78 is 0. The number of hydrogen-bond acceptors (Lipinski definition) is 2. The van der Waals surface area contributed by atoms with Gasteiger partial charge in [0.25, 0.3) is 0 Å². The van der Waals surface area contributed by atoms with Crippen LogP contribution >= 0.6 is 0 Å². The summed E-state index contributed by atoms with van der Waals surface area (Å²) in [6.07, 6.45) is 5.43. The van der Waals surface area contributed by atoms with Gasteiger partial charge >= 0.3 is 0 Å². The van der Waals surface area contributed by atoms with Crippen molar-refractivity contribution in [3.05, 3.63) is 42.3 Å². The van der Waals surface area contributed by atoms with Gasteiger partial charge in [0.1, 0.15) is 0 Å². The fourth-order valence-corrected chi connectivity index (χ4v) is 0.856. The first kappa shape index (κ1) is 6.15. The van der Waals surface area contributed by atoms with Gasteiger partial charge in [-0.15, -0.1) is 0 Å². The second-order valence-electron chi connectivity index (χ2n) is 2.14. The summed E-state index contributed by atoms with van der Waals surface area (Å²) in [4.78, 5) is 0. The van der Waals surface area contributed by atoms with Gasteiger partial charge < -0.3 is 0 Å².